The predicted octanol–water partition coefficient (Wildman–Crippen LogP) is 6.14. The van der Waals surface area contributed by atoms with E-state index in [9.17, 15) is 5.26 Å². The Morgan fingerprint density at radius 1 is 1.34 bits per heavy atom. The lowest BCUT2D eigenvalue weighted by atomic mass is 9.93. The molecule has 1 atom stereocenters. The van der Waals surface area contributed by atoms with Gasteiger partial charge in [-0.15, -0.1) is 0 Å². The van der Waals surface area contributed by atoms with Crippen molar-refractivity contribution in [3.63, 3.8) is 0 Å². The first-order valence-corrected chi connectivity index (χ1v) is 9.04. The monoisotopic (exact) mass is 395 g/mol. The first-order chi connectivity index (χ1) is 16.9. The van der Waals surface area contributed by atoms with Crippen LogP contribution in [0.3, 0.4) is 0 Å². The highest BCUT2D eigenvalue weighted by Gasteiger charge is 2.27. The number of halogens is 1. The lowest BCUT2D eigenvalue weighted by molar-refractivity contribution is -0.667. The Bertz CT molecular complexity index is 1640. The van der Waals surface area contributed by atoms with Crippen LogP contribution >= 0.6 is 0 Å². The van der Waals surface area contributed by atoms with Gasteiger partial charge in [-0.2, -0.15) is 9.83 Å². The van der Waals surface area contributed by atoms with Gasteiger partial charge in [-0.1, -0.05) is 25.9 Å². The second-order valence-electron chi connectivity index (χ2n) is 7.14. The van der Waals surface area contributed by atoms with Crippen LogP contribution in [0.5, 0.6) is 0 Å². The molecule has 0 bridgehead atoms. The van der Waals surface area contributed by atoms with Gasteiger partial charge in [0.05, 0.1) is 17.9 Å². The van der Waals surface area contributed by atoms with Gasteiger partial charge in [0.1, 0.15) is 18.9 Å². The highest BCUT2D eigenvalue weighted by molar-refractivity contribution is 6.11. The quantitative estimate of drug-likeness (QED) is 0.383. The maximum Gasteiger partial charge on any atom is 0.216 e. The van der Waals surface area contributed by atoms with Gasteiger partial charge in [-0.25, -0.2) is 4.39 Å². The van der Waals surface area contributed by atoms with E-state index < -0.39 is 37.0 Å². The number of fused-ring (bicyclic) bond motifs is 3. The normalized spacial score (nSPS) is 18.5. The van der Waals surface area contributed by atoms with Crippen LogP contribution < -0.4 is 4.57 Å². The van der Waals surface area contributed by atoms with Gasteiger partial charge in [-0.05, 0) is 42.9 Å². The minimum absolute atomic E-state index is 0.0341. The van der Waals surface area contributed by atoms with E-state index in [-0.39, 0.29) is 44.6 Å². The summed E-state index contributed by atoms with van der Waals surface area (Å²) in [7, 11) is 1.52. The molecule has 0 aliphatic rings. The second-order valence-corrected chi connectivity index (χ2v) is 7.14. The zero-order valence-corrected chi connectivity index (χ0v) is 16.5. The molecule has 0 saturated heterocycles. The standard InChI is InChI=1S/C25H24FN2O/c1-13(2)19-11-21(28(6)16(5)15(19)4)22-14(3)10-20(26)23-18-9-7-8-17(12-27)24(18)29-25(22)23/h7-11,13H,1-6H3/q+1/i1D3,4D3,11D,13D. The zero-order chi connectivity index (χ0) is 27.8. The summed E-state index contributed by atoms with van der Waals surface area (Å²) in [6.07, 6.45) is 0. The van der Waals surface area contributed by atoms with Crippen molar-refractivity contribution in [3.8, 4) is 17.3 Å². The molecule has 2 aromatic carbocycles. The minimum Gasteiger partial charge on any atom is -0.454 e. The molecule has 0 aliphatic heterocycles. The van der Waals surface area contributed by atoms with Crippen molar-refractivity contribution < 1.29 is 24.3 Å². The number of aryl methyl sites for hydroxylation is 1. The average molecular weight is 396 g/mol. The molecule has 4 aromatic rings. The number of furan rings is 1. The van der Waals surface area contributed by atoms with E-state index in [4.69, 9.17) is 15.4 Å². The van der Waals surface area contributed by atoms with Crippen LogP contribution in [0.1, 0.15) is 58.6 Å². The van der Waals surface area contributed by atoms with E-state index >= 15 is 4.39 Å². The third-order valence-corrected chi connectivity index (χ3v) is 5.35. The van der Waals surface area contributed by atoms with Crippen molar-refractivity contribution in [2.24, 2.45) is 7.05 Å². The predicted molar refractivity (Wildman–Crippen MR) is 113 cm³/mol. The van der Waals surface area contributed by atoms with Crippen LogP contribution in [-0.2, 0) is 7.05 Å². The van der Waals surface area contributed by atoms with Crippen LogP contribution in [0.4, 0.5) is 4.39 Å². The summed E-state index contributed by atoms with van der Waals surface area (Å²) in [5, 5.41) is 9.97. The summed E-state index contributed by atoms with van der Waals surface area (Å²) in [6.45, 7) is -1.63. The van der Waals surface area contributed by atoms with Gasteiger partial charge in [-0.3, -0.25) is 0 Å². The third kappa shape index (κ3) is 2.73. The summed E-state index contributed by atoms with van der Waals surface area (Å²) >= 11 is 0. The molecule has 0 saturated carbocycles. The highest BCUT2D eigenvalue weighted by Crippen LogP contribution is 2.40. The number of hydrogen-bond acceptors (Lipinski definition) is 2. The molecule has 146 valence electrons. The van der Waals surface area contributed by atoms with Crippen molar-refractivity contribution in [2.45, 2.75) is 40.4 Å². The smallest absolute Gasteiger partial charge is 0.216 e. The molecular weight excluding hydrogens is 363 g/mol. The molecule has 0 amide bonds. The van der Waals surface area contributed by atoms with Crippen molar-refractivity contribution in [2.75, 3.05) is 0 Å². The lowest BCUT2D eigenvalue weighted by Gasteiger charge is -2.15. The Hall–Kier alpha value is -3.19. The Labute approximate surface area is 181 Å². The molecule has 0 aliphatic carbocycles. The average Bonchev–Trinajstić information content (AvgIpc) is 3.16. The van der Waals surface area contributed by atoms with Gasteiger partial charge in [0.15, 0.2) is 16.9 Å². The molecular formula is C25H24FN2O+. The topological polar surface area (TPSA) is 40.8 Å². The van der Waals surface area contributed by atoms with Crippen LogP contribution in [0.2, 0.25) is 0 Å². The first-order valence-electron chi connectivity index (χ1n) is 13.0. The van der Waals surface area contributed by atoms with Crippen LogP contribution in [0.15, 0.2) is 34.7 Å². The Morgan fingerprint density at radius 3 is 2.83 bits per heavy atom. The first kappa shape index (κ1) is 11.7. The highest BCUT2D eigenvalue weighted by atomic mass is 19.1. The number of nitrogens with zero attached hydrogens (tertiary/aromatic N) is 2. The third-order valence-electron chi connectivity index (χ3n) is 5.35. The number of pyridine rings is 1. The molecule has 0 N–H and O–H groups in total. The number of rotatable bonds is 2. The fraction of sp³-hybridized carbons (Fsp3) is 0.280. The van der Waals surface area contributed by atoms with Crippen molar-refractivity contribution in [3.05, 3.63) is 64.1 Å². The van der Waals surface area contributed by atoms with E-state index in [1.165, 1.54) is 30.7 Å². The Morgan fingerprint density at radius 2 is 2.14 bits per heavy atom. The largest absolute Gasteiger partial charge is 0.454 e. The summed E-state index contributed by atoms with van der Waals surface area (Å²) < 4.78 is 88.8. The van der Waals surface area contributed by atoms with Crippen LogP contribution in [0, 0.1) is 37.8 Å². The molecule has 0 radical (unpaired) electrons. The number of aromatic nitrogens is 1. The van der Waals surface area contributed by atoms with Gasteiger partial charge in [0.2, 0.25) is 5.69 Å². The fourth-order valence-corrected chi connectivity index (χ4v) is 3.72. The second kappa shape index (κ2) is 6.70. The van der Waals surface area contributed by atoms with Crippen LogP contribution in [0.25, 0.3) is 33.2 Å². The number of hydrogen-bond donors (Lipinski definition) is 0. The van der Waals surface area contributed by atoms with E-state index in [2.05, 4.69) is 0 Å². The molecule has 4 heteroatoms. The number of para-hydroxylation sites is 1. The molecule has 4 rings (SSSR count). The maximum atomic E-state index is 15.3. The number of nitriles is 1. The molecule has 29 heavy (non-hydrogen) atoms. The summed E-state index contributed by atoms with van der Waals surface area (Å²) in [5.74, 6) is -3.06. The maximum absolute atomic E-state index is 15.3. The zero-order valence-electron chi connectivity index (χ0n) is 24.5. The summed E-state index contributed by atoms with van der Waals surface area (Å²) in [4.78, 5) is 0. The molecule has 0 spiro atoms. The van der Waals surface area contributed by atoms with Crippen molar-refractivity contribution in [1.29, 1.82) is 5.26 Å². The molecule has 1 unspecified atom stereocenters. The van der Waals surface area contributed by atoms with Gasteiger partial charge in [0, 0.05) is 33.5 Å². The van der Waals surface area contributed by atoms with Gasteiger partial charge in [0.25, 0.3) is 0 Å². The fourth-order valence-electron chi connectivity index (χ4n) is 3.72. The molecule has 3 nitrogen and oxygen atoms in total. The molecule has 2 aromatic heterocycles. The SMILES string of the molecule is [2H]c1c(C([2H])(C)C([2H])([2H])[2H])c(C([2H])([2H])[2H])c(C)[n+](C)c1-c1c(C)cc(F)c2c1oc1c(C#N)cccc12. The summed E-state index contributed by atoms with van der Waals surface area (Å²) in [5.41, 5.74) is 0.329. The van der Waals surface area contributed by atoms with E-state index in [0.717, 1.165) is 6.92 Å². The van der Waals surface area contributed by atoms with Crippen LogP contribution in [-0.4, -0.2) is 0 Å². The summed E-state index contributed by atoms with van der Waals surface area (Å²) in [6, 6.07) is 7.52. The van der Waals surface area contributed by atoms with Crippen molar-refractivity contribution >= 4 is 21.9 Å². The van der Waals surface area contributed by atoms with E-state index in [1.807, 2.05) is 6.07 Å². The van der Waals surface area contributed by atoms with Gasteiger partial charge < -0.3 is 4.42 Å². The van der Waals surface area contributed by atoms with E-state index in [0.29, 0.717) is 10.9 Å². The molecule has 0 fully saturated rings. The van der Waals surface area contributed by atoms with Crippen molar-refractivity contribution in [1.82, 2.24) is 0 Å². The Balaban J connectivity index is 2.28. The van der Waals surface area contributed by atoms with Gasteiger partial charge >= 0.3 is 0 Å². The number of benzene rings is 2. The Kier molecular flexibility index (Phi) is 2.71. The minimum atomic E-state index is -2.96. The van der Waals surface area contributed by atoms with E-state index in [1.54, 1.807) is 19.1 Å². The lowest BCUT2D eigenvalue weighted by Crippen LogP contribution is -2.36. The molecule has 2 heterocycles.